The highest BCUT2D eigenvalue weighted by atomic mass is 16.5. The molecule has 0 unspecified atom stereocenters. The van der Waals surface area contributed by atoms with E-state index in [0.717, 1.165) is 43.3 Å². The van der Waals surface area contributed by atoms with E-state index in [1.165, 1.54) is 6.07 Å². The zero-order valence-corrected chi connectivity index (χ0v) is 23.3. The van der Waals surface area contributed by atoms with Crippen LogP contribution in [0.5, 0.6) is 11.5 Å². The lowest BCUT2D eigenvalue weighted by Crippen LogP contribution is -2.35. The maximum atomic E-state index is 13.1. The smallest absolute Gasteiger partial charge is 0.256 e. The molecular formula is C33H30N4O5. The van der Waals surface area contributed by atoms with Crippen molar-refractivity contribution in [3.8, 4) is 23.1 Å². The first-order chi connectivity index (χ1) is 20.6. The summed E-state index contributed by atoms with van der Waals surface area (Å²) in [7, 11) is 1.58. The van der Waals surface area contributed by atoms with Gasteiger partial charge in [-0.05, 0) is 56.0 Å². The fourth-order valence-electron chi connectivity index (χ4n) is 5.88. The number of rotatable bonds is 8. The van der Waals surface area contributed by atoms with E-state index < -0.39 is 0 Å². The maximum absolute atomic E-state index is 13.1. The first-order valence-electron chi connectivity index (χ1n) is 14.3. The zero-order valence-electron chi connectivity index (χ0n) is 23.3. The number of hydrogen-bond acceptors (Lipinski definition) is 7. The maximum Gasteiger partial charge on any atom is 0.256 e. The number of carbonyl (C=O) groups excluding carboxylic acids is 1. The number of aliphatic imine (C=N–C) groups is 1. The van der Waals surface area contributed by atoms with Gasteiger partial charge in [0.25, 0.3) is 5.91 Å². The number of aromatic nitrogens is 2. The van der Waals surface area contributed by atoms with Crippen LogP contribution in [0.2, 0.25) is 0 Å². The second-order valence-corrected chi connectivity index (χ2v) is 10.6. The molecule has 0 bridgehead atoms. The number of methoxy groups -OCH3 is 1. The second kappa shape index (κ2) is 10.8. The number of ether oxygens (including phenoxy) is 2. The molecule has 2 aromatic heterocycles. The van der Waals surface area contributed by atoms with Gasteiger partial charge in [-0.15, -0.1) is 0 Å². The zero-order chi connectivity index (χ0) is 28.6. The summed E-state index contributed by atoms with van der Waals surface area (Å²) in [6.45, 7) is 1.86. The number of hydrogen-bond donors (Lipinski definition) is 0. The number of unbranched alkanes of at least 4 members (excludes halogenated alkanes) is 1. The molecule has 9 heteroatoms. The molecule has 2 aliphatic heterocycles. The number of imidazole rings is 1. The quantitative estimate of drug-likeness (QED) is 0.215. The van der Waals surface area contributed by atoms with Gasteiger partial charge in [-0.25, -0.2) is 4.98 Å². The molecule has 0 aliphatic carbocycles. The summed E-state index contributed by atoms with van der Waals surface area (Å²) in [6, 6.07) is 20.3. The number of amides is 1. The minimum atomic E-state index is -0.0972. The normalized spacial score (nSPS) is 16.1. The van der Waals surface area contributed by atoms with E-state index in [2.05, 4.69) is 9.56 Å². The highest BCUT2D eigenvalue weighted by molar-refractivity contribution is 6.03. The monoisotopic (exact) mass is 562 g/mol. The van der Waals surface area contributed by atoms with Crippen molar-refractivity contribution >= 4 is 39.8 Å². The van der Waals surface area contributed by atoms with Crippen molar-refractivity contribution in [3.05, 3.63) is 82.5 Å². The van der Waals surface area contributed by atoms with E-state index in [9.17, 15) is 9.59 Å². The molecule has 4 heterocycles. The molecule has 1 atom stereocenters. The van der Waals surface area contributed by atoms with Gasteiger partial charge in [0, 0.05) is 31.4 Å². The molecule has 0 radical (unpaired) electrons. The summed E-state index contributed by atoms with van der Waals surface area (Å²) in [4.78, 5) is 37.3. The van der Waals surface area contributed by atoms with Crippen LogP contribution in [0.4, 0.5) is 5.69 Å². The van der Waals surface area contributed by atoms with Crippen LogP contribution in [0.15, 0.2) is 80.9 Å². The van der Waals surface area contributed by atoms with Gasteiger partial charge in [0.15, 0.2) is 28.5 Å². The van der Waals surface area contributed by atoms with Gasteiger partial charge < -0.3 is 23.4 Å². The first kappa shape index (κ1) is 26.0. The second-order valence-electron chi connectivity index (χ2n) is 10.6. The minimum Gasteiger partial charge on any atom is -0.493 e. The highest BCUT2D eigenvalue weighted by Crippen LogP contribution is 2.38. The van der Waals surface area contributed by atoms with Crippen LogP contribution in [0.25, 0.3) is 33.6 Å². The predicted molar refractivity (Wildman–Crippen MR) is 161 cm³/mol. The summed E-state index contributed by atoms with van der Waals surface area (Å²) in [6.07, 6.45) is 5.35. The van der Waals surface area contributed by atoms with E-state index in [0.29, 0.717) is 58.5 Å². The van der Waals surface area contributed by atoms with Crippen LogP contribution in [-0.4, -0.2) is 52.9 Å². The van der Waals surface area contributed by atoms with Crippen molar-refractivity contribution in [2.75, 3.05) is 20.3 Å². The Morgan fingerprint density at radius 1 is 1.00 bits per heavy atom. The van der Waals surface area contributed by atoms with Crippen molar-refractivity contribution in [1.82, 2.24) is 14.5 Å². The third-order valence-corrected chi connectivity index (χ3v) is 8.00. The van der Waals surface area contributed by atoms with Crippen LogP contribution in [0.3, 0.4) is 0 Å². The third kappa shape index (κ3) is 4.60. The minimum absolute atomic E-state index is 0.0135. The third-order valence-electron chi connectivity index (χ3n) is 8.00. The largest absolute Gasteiger partial charge is 0.493 e. The summed E-state index contributed by atoms with van der Waals surface area (Å²) < 4.78 is 20.0. The Kier molecular flexibility index (Phi) is 6.70. The van der Waals surface area contributed by atoms with Gasteiger partial charge in [0.2, 0.25) is 0 Å². The van der Waals surface area contributed by atoms with Crippen LogP contribution < -0.4 is 14.9 Å². The van der Waals surface area contributed by atoms with Crippen LogP contribution in [-0.2, 0) is 6.54 Å². The number of fused-ring (bicyclic) bond motifs is 4. The van der Waals surface area contributed by atoms with E-state index in [-0.39, 0.29) is 17.4 Å². The molecule has 9 nitrogen and oxygen atoms in total. The Hall–Kier alpha value is -4.92. The fraction of sp³-hybridized carbons (Fsp3) is 0.273. The lowest BCUT2D eigenvalue weighted by atomic mass is 10.1. The average Bonchev–Trinajstić information content (AvgIpc) is 3.61. The van der Waals surface area contributed by atoms with E-state index in [1.54, 1.807) is 31.4 Å². The molecule has 5 aromatic rings. The molecule has 1 fully saturated rings. The summed E-state index contributed by atoms with van der Waals surface area (Å²) in [5.41, 5.74) is 3.40. The fourth-order valence-corrected chi connectivity index (χ4v) is 5.88. The van der Waals surface area contributed by atoms with Gasteiger partial charge in [-0.1, -0.05) is 24.3 Å². The van der Waals surface area contributed by atoms with Crippen molar-refractivity contribution in [1.29, 1.82) is 0 Å². The predicted octanol–water partition coefficient (Wildman–Crippen LogP) is 6.00. The highest BCUT2D eigenvalue weighted by Gasteiger charge is 2.32. The van der Waals surface area contributed by atoms with Gasteiger partial charge in [-0.2, -0.15) is 0 Å². The van der Waals surface area contributed by atoms with E-state index in [4.69, 9.17) is 18.9 Å². The lowest BCUT2D eigenvalue weighted by molar-refractivity contribution is 0.0774. The molecule has 2 aliphatic rings. The van der Waals surface area contributed by atoms with Crippen molar-refractivity contribution in [2.24, 2.45) is 4.99 Å². The summed E-state index contributed by atoms with van der Waals surface area (Å²) in [5.74, 6) is 2.13. The molecule has 7 rings (SSSR count). The molecule has 1 saturated heterocycles. The number of aryl methyl sites for hydroxylation is 1. The van der Waals surface area contributed by atoms with Gasteiger partial charge in [-0.3, -0.25) is 14.6 Å². The molecule has 42 heavy (non-hydrogen) atoms. The molecule has 3 aromatic carbocycles. The number of nitrogens with zero attached hydrogens (tertiary/aromatic N) is 4. The molecule has 0 saturated carbocycles. The van der Waals surface area contributed by atoms with Gasteiger partial charge >= 0.3 is 0 Å². The van der Waals surface area contributed by atoms with Crippen LogP contribution in [0, 0.1) is 0 Å². The molecular weight excluding hydrogens is 532 g/mol. The Labute approximate surface area is 242 Å². The van der Waals surface area contributed by atoms with E-state index >= 15 is 0 Å². The summed E-state index contributed by atoms with van der Waals surface area (Å²) >= 11 is 0. The molecule has 1 amide bonds. The first-order valence-corrected chi connectivity index (χ1v) is 14.3. The standard InChI is InChI=1S/C33H30N4O5/c1-40-29-17-23-25(34-20-21-9-8-15-36(21)33(23)39)18-30(29)41-16-7-6-14-37-26-12-4-3-11-24(26)35-32(37)31-19-27(38)22-10-2-5-13-28(22)42-31/h2-5,10-13,17-21H,6-9,14-16H2,1H3/t21-/m0/s1. The van der Waals surface area contributed by atoms with Crippen LogP contribution in [0.1, 0.15) is 36.0 Å². The summed E-state index contributed by atoms with van der Waals surface area (Å²) in [5, 5.41) is 0.546. The van der Waals surface area contributed by atoms with Crippen molar-refractivity contribution in [3.63, 3.8) is 0 Å². The molecule has 0 spiro atoms. The Morgan fingerprint density at radius 3 is 2.76 bits per heavy atom. The Bertz CT molecular complexity index is 1910. The van der Waals surface area contributed by atoms with Crippen molar-refractivity contribution < 1.29 is 18.7 Å². The SMILES string of the molecule is COc1cc2c(cc1OCCCCn1c(-c3cc(=O)c4ccccc4o3)nc3ccccc31)N=C[C@@H]1CCCN1C2=O. The topological polar surface area (TPSA) is 99.2 Å². The molecule has 0 N–H and O–H groups in total. The number of benzene rings is 3. The van der Waals surface area contributed by atoms with Crippen molar-refractivity contribution in [2.45, 2.75) is 38.3 Å². The number of para-hydroxylation sites is 3. The van der Waals surface area contributed by atoms with Gasteiger partial charge in [0.05, 0.1) is 47.4 Å². The Morgan fingerprint density at radius 2 is 1.86 bits per heavy atom. The molecule has 212 valence electrons. The van der Waals surface area contributed by atoms with Crippen LogP contribution >= 0.6 is 0 Å². The number of carbonyl (C=O) groups is 1. The van der Waals surface area contributed by atoms with E-state index in [1.807, 2.05) is 47.5 Å². The van der Waals surface area contributed by atoms with Gasteiger partial charge in [0.1, 0.15) is 5.58 Å². The Balaban J connectivity index is 1.09. The lowest BCUT2D eigenvalue weighted by Gasteiger charge is -2.20. The average molecular weight is 563 g/mol.